The summed E-state index contributed by atoms with van der Waals surface area (Å²) in [7, 11) is 0. The lowest BCUT2D eigenvalue weighted by atomic mass is 10.2. The molecule has 0 aliphatic heterocycles. The van der Waals surface area contributed by atoms with Gasteiger partial charge in [0, 0.05) is 31.6 Å². The predicted octanol–water partition coefficient (Wildman–Crippen LogP) is 2.22. The van der Waals surface area contributed by atoms with Gasteiger partial charge in [-0.1, -0.05) is 0 Å². The van der Waals surface area contributed by atoms with E-state index in [4.69, 9.17) is 5.73 Å². The van der Waals surface area contributed by atoms with Gasteiger partial charge in [-0.3, -0.25) is 4.79 Å². The Bertz CT molecular complexity index is 613. The summed E-state index contributed by atoms with van der Waals surface area (Å²) >= 11 is 0. The number of carbonyl (C=O) groups is 1. The van der Waals surface area contributed by atoms with Gasteiger partial charge in [0.05, 0.1) is 11.4 Å². The molecule has 0 saturated carbocycles. The van der Waals surface area contributed by atoms with Crippen LogP contribution < -0.4 is 11.1 Å². The topological polar surface area (TPSA) is 72.9 Å². The van der Waals surface area contributed by atoms with Gasteiger partial charge in [0.15, 0.2) is 0 Å². The van der Waals surface area contributed by atoms with E-state index in [1.165, 1.54) is 12.1 Å². The maximum absolute atomic E-state index is 12.9. The van der Waals surface area contributed by atoms with Crippen LogP contribution in [0.3, 0.4) is 0 Å². The van der Waals surface area contributed by atoms with Crippen molar-refractivity contribution >= 4 is 18.3 Å². The van der Waals surface area contributed by atoms with Crippen molar-refractivity contribution in [1.82, 2.24) is 15.1 Å². The normalized spacial score (nSPS) is 11.6. The van der Waals surface area contributed by atoms with Gasteiger partial charge in [-0.15, -0.1) is 12.4 Å². The summed E-state index contributed by atoms with van der Waals surface area (Å²) < 4.78 is 14.6. The van der Waals surface area contributed by atoms with E-state index in [0.29, 0.717) is 25.8 Å². The van der Waals surface area contributed by atoms with Crippen molar-refractivity contribution in [3.63, 3.8) is 0 Å². The van der Waals surface area contributed by atoms with Gasteiger partial charge in [-0.05, 0) is 43.7 Å². The van der Waals surface area contributed by atoms with Crippen LogP contribution in [-0.4, -0.2) is 28.3 Å². The molecular weight excluding hydrogens is 319 g/mol. The fourth-order valence-corrected chi connectivity index (χ4v) is 2.01. The molecule has 1 aromatic carbocycles. The van der Waals surface area contributed by atoms with E-state index >= 15 is 0 Å². The number of rotatable bonds is 7. The summed E-state index contributed by atoms with van der Waals surface area (Å²) in [5.74, 6) is -0.263. The van der Waals surface area contributed by atoms with Gasteiger partial charge in [0.25, 0.3) is 0 Å². The van der Waals surface area contributed by atoms with Crippen LogP contribution in [0.4, 0.5) is 4.39 Å². The number of benzene rings is 1. The van der Waals surface area contributed by atoms with Crippen LogP contribution in [-0.2, 0) is 11.2 Å². The van der Waals surface area contributed by atoms with Crippen LogP contribution >= 0.6 is 12.4 Å². The fraction of sp³-hybridized carbons (Fsp3) is 0.375. The van der Waals surface area contributed by atoms with Crippen molar-refractivity contribution in [2.24, 2.45) is 5.73 Å². The lowest BCUT2D eigenvalue weighted by molar-refractivity contribution is -0.121. The van der Waals surface area contributed by atoms with Crippen LogP contribution in [0.25, 0.3) is 5.69 Å². The van der Waals surface area contributed by atoms with Gasteiger partial charge >= 0.3 is 0 Å². The molecule has 0 saturated heterocycles. The van der Waals surface area contributed by atoms with E-state index in [-0.39, 0.29) is 30.2 Å². The minimum atomic E-state index is -0.273. The average molecular weight is 341 g/mol. The Morgan fingerprint density at radius 3 is 2.70 bits per heavy atom. The number of halogens is 2. The highest BCUT2D eigenvalue weighted by Gasteiger charge is 2.05. The van der Waals surface area contributed by atoms with Crippen LogP contribution in [0.1, 0.15) is 25.5 Å². The number of amides is 1. The summed E-state index contributed by atoms with van der Waals surface area (Å²) in [6, 6.07) is 8.06. The molecule has 1 atom stereocenters. The minimum absolute atomic E-state index is 0. The third-order valence-electron chi connectivity index (χ3n) is 3.27. The minimum Gasteiger partial charge on any atom is -0.356 e. The molecule has 1 amide bonds. The van der Waals surface area contributed by atoms with Crippen LogP contribution in [0.15, 0.2) is 36.5 Å². The molecule has 0 radical (unpaired) electrons. The van der Waals surface area contributed by atoms with Crippen LogP contribution in [0.2, 0.25) is 0 Å². The molecule has 0 spiro atoms. The summed E-state index contributed by atoms with van der Waals surface area (Å²) in [5, 5.41) is 7.25. The quantitative estimate of drug-likeness (QED) is 0.811. The average Bonchev–Trinajstić information content (AvgIpc) is 2.95. The van der Waals surface area contributed by atoms with Crippen molar-refractivity contribution in [3.8, 4) is 5.69 Å². The monoisotopic (exact) mass is 340 g/mol. The van der Waals surface area contributed by atoms with Gasteiger partial charge in [0.1, 0.15) is 5.82 Å². The first kappa shape index (κ1) is 19.1. The molecule has 2 aromatic rings. The first-order valence-corrected chi connectivity index (χ1v) is 7.37. The molecule has 0 bridgehead atoms. The van der Waals surface area contributed by atoms with Crippen LogP contribution in [0.5, 0.6) is 0 Å². The van der Waals surface area contributed by atoms with E-state index in [1.807, 2.05) is 19.2 Å². The van der Waals surface area contributed by atoms with Gasteiger partial charge in [-0.2, -0.15) is 5.10 Å². The molecular formula is C16H22ClFN4O. The second kappa shape index (κ2) is 9.27. The third-order valence-corrected chi connectivity index (χ3v) is 3.27. The Balaban J connectivity index is 0.00000264. The first-order valence-electron chi connectivity index (χ1n) is 7.37. The Kier molecular flexibility index (Phi) is 7.71. The van der Waals surface area contributed by atoms with E-state index in [2.05, 4.69) is 10.4 Å². The molecule has 23 heavy (non-hydrogen) atoms. The number of carbonyl (C=O) groups excluding carboxylic acids is 1. The Labute approximate surface area is 141 Å². The highest BCUT2D eigenvalue weighted by molar-refractivity contribution is 5.85. The van der Waals surface area contributed by atoms with Gasteiger partial charge < -0.3 is 11.1 Å². The summed E-state index contributed by atoms with van der Waals surface area (Å²) in [6.45, 7) is 2.42. The Hall–Kier alpha value is -1.92. The maximum Gasteiger partial charge on any atom is 0.220 e. The number of hydrogen-bond donors (Lipinski definition) is 2. The number of nitrogens with two attached hydrogens (primary N) is 1. The Morgan fingerprint density at radius 2 is 2.04 bits per heavy atom. The van der Waals surface area contributed by atoms with Gasteiger partial charge in [-0.25, -0.2) is 9.07 Å². The van der Waals surface area contributed by atoms with Crippen LogP contribution in [0, 0.1) is 5.82 Å². The highest BCUT2D eigenvalue weighted by Crippen LogP contribution is 2.09. The second-order valence-electron chi connectivity index (χ2n) is 5.34. The van der Waals surface area contributed by atoms with E-state index in [0.717, 1.165) is 11.4 Å². The first-order chi connectivity index (χ1) is 10.5. The molecule has 1 aromatic heterocycles. The number of nitrogens with one attached hydrogen (secondary N) is 1. The second-order valence-corrected chi connectivity index (χ2v) is 5.34. The lowest BCUT2D eigenvalue weighted by Crippen LogP contribution is -2.27. The zero-order valence-corrected chi connectivity index (χ0v) is 13.9. The smallest absolute Gasteiger partial charge is 0.220 e. The predicted molar refractivity (Wildman–Crippen MR) is 90.4 cm³/mol. The van der Waals surface area contributed by atoms with Crippen molar-refractivity contribution in [3.05, 3.63) is 48.0 Å². The lowest BCUT2D eigenvalue weighted by Gasteiger charge is -2.06. The molecule has 0 aliphatic carbocycles. The standard InChI is InChI=1S/C16H21FN4O.ClH/c1-12(18)2-7-16(22)19-10-8-14-9-11-21(20-14)15-5-3-13(17)4-6-15;/h3-6,9,11-12H,2,7-8,10,18H2,1H3,(H,19,22);1H. The molecule has 126 valence electrons. The van der Waals surface area contributed by atoms with Crippen molar-refractivity contribution in [2.45, 2.75) is 32.2 Å². The largest absolute Gasteiger partial charge is 0.356 e. The highest BCUT2D eigenvalue weighted by atomic mass is 35.5. The van der Waals surface area contributed by atoms with Crippen molar-refractivity contribution in [2.75, 3.05) is 6.54 Å². The SMILES string of the molecule is CC(N)CCC(=O)NCCc1ccn(-c2ccc(F)cc2)n1.Cl. The zero-order valence-electron chi connectivity index (χ0n) is 13.0. The summed E-state index contributed by atoms with van der Waals surface area (Å²) in [4.78, 5) is 11.6. The van der Waals surface area contributed by atoms with E-state index < -0.39 is 0 Å². The van der Waals surface area contributed by atoms with Crippen molar-refractivity contribution < 1.29 is 9.18 Å². The molecule has 2 rings (SSSR count). The maximum atomic E-state index is 12.9. The molecule has 7 heteroatoms. The summed E-state index contributed by atoms with van der Waals surface area (Å²) in [5.41, 5.74) is 7.28. The van der Waals surface area contributed by atoms with E-state index in [1.54, 1.807) is 16.8 Å². The fourth-order valence-electron chi connectivity index (χ4n) is 2.01. The number of aromatic nitrogens is 2. The van der Waals surface area contributed by atoms with E-state index in [9.17, 15) is 9.18 Å². The van der Waals surface area contributed by atoms with Gasteiger partial charge in [0.2, 0.25) is 5.91 Å². The summed E-state index contributed by atoms with van der Waals surface area (Å²) in [6.07, 6.45) is 3.60. The van der Waals surface area contributed by atoms with Crippen molar-refractivity contribution in [1.29, 1.82) is 0 Å². The molecule has 0 aliphatic rings. The molecule has 1 heterocycles. The molecule has 5 nitrogen and oxygen atoms in total. The molecule has 3 N–H and O–H groups in total. The Morgan fingerprint density at radius 1 is 1.35 bits per heavy atom. The molecule has 1 unspecified atom stereocenters. The third kappa shape index (κ3) is 6.38. The molecule has 0 fully saturated rings. The number of nitrogens with zero attached hydrogens (tertiary/aromatic N) is 2. The number of hydrogen-bond acceptors (Lipinski definition) is 3. The zero-order chi connectivity index (χ0) is 15.9.